The molecule has 2 N–H and O–H groups in total. The van der Waals surface area contributed by atoms with Gasteiger partial charge in [0.2, 0.25) is 0 Å². The lowest BCUT2D eigenvalue weighted by Gasteiger charge is -2.27. The standard InChI is InChI=1S/C13H28N2/c1-4-6-7-12(5-2)10-15-13(3)8-9-14-11-13/h12,14-15H,4-11H2,1-3H3. The molecule has 2 nitrogen and oxygen atoms in total. The van der Waals surface area contributed by atoms with Gasteiger partial charge >= 0.3 is 0 Å². The van der Waals surface area contributed by atoms with Crippen LogP contribution in [0.25, 0.3) is 0 Å². The fraction of sp³-hybridized carbons (Fsp3) is 1.00. The van der Waals surface area contributed by atoms with Crippen molar-refractivity contribution in [3.63, 3.8) is 0 Å². The first kappa shape index (κ1) is 13.0. The molecule has 2 unspecified atom stereocenters. The van der Waals surface area contributed by atoms with E-state index in [1.54, 1.807) is 0 Å². The van der Waals surface area contributed by atoms with Crippen LogP contribution in [0.15, 0.2) is 0 Å². The van der Waals surface area contributed by atoms with Gasteiger partial charge in [0.15, 0.2) is 0 Å². The maximum atomic E-state index is 3.76. The van der Waals surface area contributed by atoms with Crippen LogP contribution in [0.4, 0.5) is 0 Å². The Bertz CT molecular complexity index is 162. The van der Waals surface area contributed by atoms with Crippen LogP contribution < -0.4 is 10.6 Å². The molecule has 0 aromatic heterocycles. The summed E-state index contributed by atoms with van der Waals surface area (Å²) in [5.41, 5.74) is 0.361. The van der Waals surface area contributed by atoms with Gasteiger partial charge < -0.3 is 10.6 Å². The van der Waals surface area contributed by atoms with Crippen LogP contribution in [-0.2, 0) is 0 Å². The van der Waals surface area contributed by atoms with Gasteiger partial charge in [0.25, 0.3) is 0 Å². The van der Waals surface area contributed by atoms with Gasteiger partial charge in [-0.3, -0.25) is 0 Å². The molecule has 1 aliphatic heterocycles. The molecular formula is C13H28N2. The lowest BCUT2D eigenvalue weighted by Crippen LogP contribution is -2.46. The molecular weight excluding hydrogens is 184 g/mol. The highest BCUT2D eigenvalue weighted by molar-refractivity contribution is 4.91. The largest absolute Gasteiger partial charge is 0.315 e. The molecule has 1 aliphatic rings. The van der Waals surface area contributed by atoms with Gasteiger partial charge in [0.1, 0.15) is 0 Å². The molecule has 0 aromatic carbocycles. The van der Waals surface area contributed by atoms with E-state index in [0.717, 1.165) is 12.5 Å². The second-order valence-electron chi connectivity index (χ2n) is 5.28. The minimum Gasteiger partial charge on any atom is -0.315 e. The molecule has 0 bridgehead atoms. The van der Waals surface area contributed by atoms with E-state index in [9.17, 15) is 0 Å². The molecule has 0 aromatic rings. The van der Waals surface area contributed by atoms with Crippen LogP contribution in [-0.4, -0.2) is 25.2 Å². The third-order valence-corrected chi connectivity index (χ3v) is 3.73. The van der Waals surface area contributed by atoms with Crippen LogP contribution in [0.2, 0.25) is 0 Å². The lowest BCUT2D eigenvalue weighted by atomic mass is 9.96. The normalized spacial score (nSPS) is 28.2. The number of hydrogen-bond donors (Lipinski definition) is 2. The zero-order valence-electron chi connectivity index (χ0n) is 10.7. The van der Waals surface area contributed by atoms with Gasteiger partial charge in [0, 0.05) is 12.1 Å². The van der Waals surface area contributed by atoms with Crippen molar-refractivity contribution in [2.75, 3.05) is 19.6 Å². The summed E-state index contributed by atoms with van der Waals surface area (Å²) in [7, 11) is 0. The first-order chi connectivity index (χ1) is 7.20. The maximum Gasteiger partial charge on any atom is 0.0290 e. The molecule has 1 rings (SSSR count). The Morgan fingerprint density at radius 2 is 2.20 bits per heavy atom. The molecule has 0 saturated carbocycles. The Labute approximate surface area is 95.2 Å². The Morgan fingerprint density at radius 1 is 1.40 bits per heavy atom. The van der Waals surface area contributed by atoms with Crippen LogP contribution in [0.3, 0.4) is 0 Å². The monoisotopic (exact) mass is 212 g/mol. The predicted octanol–water partition coefficient (Wildman–Crippen LogP) is 2.54. The molecule has 0 spiro atoms. The van der Waals surface area contributed by atoms with Crippen molar-refractivity contribution in [2.24, 2.45) is 5.92 Å². The topological polar surface area (TPSA) is 24.1 Å². The van der Waals surface area contributed by atoms with Crippen molar-refractivity contribution in [2.45, 2.75) is 58.4 Å². The Hall–Kier alpha value is -0.0800. The fourth-order valence-electron chi connectivity index (χ4n) is 2.30. The van der Waals surface area contributed by atoms with E-state index in [1.807, 2.05) is 0 Å². The van der Waals surface area contributed by atoms with Crippen LogP contribution >= 0.6 is 0 Å². The summed E-state index contributed by atoms with van der Waals surface area (Å²) < 4.78 is 0. The van der Waals surface area contributed by atoms with Gasteiger partial charge in [-0.1, -0.05) is 33.1 Å². The van der Waals surface area contributed by atoms with Crippen molar-refractivity contribution in [3.05, 3.63) is 0 Å². The zero-order chi connectivity index (χ0) is 11.1. The van der Waals surface area contributed by atoms with Crippen molar-refractivity contribution in [3.8, 4) is 0 Å². The molecule has 1 saturated heterocycles. The Morgan fingerprint density at radius 3 is 2.73 bits per heavy atom. The van der Waals surface area contributed by atoms with E-state index in [1.165, 1.54) is 45.2 Å². The zero-order valence-corrected chi connectivity index (χ0v) is 10.7. The average Bonchev–Trinajstić information content (AvgIpc) is 2.66. The molecule has 2 heteroatoms. The summed E-state index contributed by atoms with van der Waals surface area (Å²) in [6.07, 6.45) is 6.70. The average molecular weight is 212 g/mol. The molecule has 0 amide bonds. The Balaban J connectivity index is 2.20. The number of nitrogens with one attached hydrogen (secondary N) is 2. The Kier molecular flexibility index (Phi) is 5.62. The summed E-state index contributed by atoms with van der Waals surface area (Å²) in [6, 6.07) is 0. The van der Waals surface area contributed by atoms with Crippen molar-refractivity contribution in [1.29, 1.82) is 0 Å². The predicted molar refractivity (Wildman–Crippen MR) is 67.2 cm³/mol. The third kappa shape index (κ3) is 4.52. The highest BCUT2D eigenvalue weighted by Crippen LogP contribution is 2.16. The number of hydrogen-bond acceptors (Lipinski definition) is 2. The first-order valence-electron chi connectivity index (χ1n) is 6.66. The third-order valence-electron chi connectivity index (χ3n) is 3.73. The highest BCUT2D eigenvalue weighted by atomic mass is 15.1. The van der Waals surface area contributed by atoms with Crippen molar-refractivity contribution >= 4 is 0 Å². The molecule has 2 atom stereocenters. The van der Waals surface area contributed by atoms with Crippen LogP contribution in [0, 0.1) is 5.92 Å². The molecule has 1 fully saturated rings. The van der Waals surface area contributed by atoms with E-state index in [2.05, 4.69) is 31.4 Å². The number of unbranched alkanes of at least 4 members (excludes halogenated alkanes) is 1. The molecule has 0 radical (unpaired) electrons. The van der Waals surface area contributed by atoms with E-state index in [0.29, 0.717) is 5.54 Å². The van der Waals surface area contributed by atoms with Crippen LogP contribution in [0.1, 0.15) is 52.9 Å². The molecule has 1 heterocycles. The summed E-state index contributed by atoms with van der Waals surface area (Å²) in [6.45, 7) is 10.5. The first-order valence-corrected chi connectivity index (χ1v) is 6.66. The summed E-state index contributed by atoms with van der Waals surface area (Å²) >= 11 is 0. The van der Waals surface area contributed by atoms with Gasteiger partial charge in [-0.2, -0.15) is 0 Å². The molecule has 0 aliphatic carbocycles. The van der Waals surface area contributed by atoms with Gasteiger partial charge in [-0.15, -0.1) is 0 Å². The molecule has 90 valence electrons. The van der Waals surface area contributed by atoms with E-state index in [4.69, 9.17) is 0 Å². The fourth-order valence-corrected chi connectivity index (χ4v) is 2.30. The quantitative estimate of drug-likeness (QED) is 0.678. The molecule has 15 heavy (non-hydrogen) atoms. The summed E-state index contributed by atoms with van der Waals surface area (Å²) in [5.74, 6) is 0.877. The minimum absolute atomic E-state index is 0.361. The van der Waals surface area contributed by atoms with E-state index >= 15 is 0 Å². The SMILES string of the molecule is CCCCC(CC)CNC1(C)CCNC1. The lowest BCUT2D eigenvalue weighted by molar-refractivity contribution is 0.327. The maximum absolute atomic E-state index is 3.76. The van der Waals surface area contributed by atoms with Gasteiger partial charge in [0.05, 0.1) is 0 Å². The second-order valence-corrected chi connectivity index (χ2v) is 5.28. The number of rotatable bonds is 7. The summed E-state index contributed by atoms with van der Waals surface area (Å²) in [4.78, 5) is 0. The smallest absolute Gasteiger partial charge is 0.0290 e. The van der Waals surface area contributed by atoms with Crippen molar-refractivity contribution in [1.82, 2.24) is 10.6 Å². The summed E-state index contributed by atoms with van der Waals surface area (Å²) in [5, 5.41) is 7.19. The van der Waals surface area contributed by atoms with Crippen LogP contribution in [0.5, 0.6) is 0 Å². The van der Waals surface area contributed by atoms with Crippen molar-refractivity contribution < 1.29 is 0 Å². The van der Waals surface area contributed by atoms with Gasteiger partial charge in [-0.25, -0.2) is 0 Å². The van der Waals surface area contributed by atoms with Gasteiger partial charge in [-0.05, 0) is 38.8 Å². The van der Waals surface area contributed by atoms with E-state index in [-0.39, 0.29) is 0 Å². The minimum atomic E-state index is 0.361. The van der Waals surface area contributed by atoms with E-state index < -0.39 is 0 Å². The second kappa shape index (κ2) is 6.49. The highest BCUT2D eigenvalue weighted by Gasteiger charge is 2.27.